The fourth-order valence-electron chi connectivity index (χ4n) is 2.19. The van der Waals surface area contributed by atoms with E-state index in [1.54, 1.807) is 0 Å². The van der Waals surface area contributed by atoms with Crippen LogP contribution in [0.5, 0.6) is 0 Å². The van der Waals surface area contributed by atoms with Gasteiger partial charge in [0.15, 0.2) is 0 Å². The van der Waals surface area contributed by atoms with Crippen LogP contribution in [0.25, 0.3) is 0 Å². The highest BCUT2D eigenvalue weighted by atomic mass is 32.2. The number of rotatable bonds is 4. The minimum Gasteiger partial charge on any atom is -0.372 e. The fourth-order valence-corrected chi connectivity index (χ4v) is 2.52. The van der Waals surface area contributed by atoms with Crippen LogP contribution in [0.15, 0.2) is 24.3 Å². The van der Waals surface area contributed by atoms with Crippen LogP contribution >= 0.6 is 0 Å². The largest absolute Gasteiger partial charge is 0.372 e. The summed E-state index contributed by atoms with van der Waals surface area (Å²) in [6.45, 7) is 0.165. The molecule has 2 rings (SSSR count). The normalized spacial score (nSPS) is 19.9. The Hall–Kier alpha value is -0.910. The first-order valence-corrected chi connectivity index (χ1v) is 7.48. The minimum atomic E-state index is -3.43. The highest BCUT2D eigenvalue weighted by Crippen LogP contribution is 2.32. The first-order chi connectivity index (χ1) is 8.06. The Morgan fingerprint density at radius 3 is 2.88 bits per heavy atom. The summed E-state index contributed by atoms with van der Waals surface area (Å²) < 4.78 is 27.3. The van der Waals surface area contributed by atoms with Crippen LogP contribution in [0.2, 0.25) is 0 Å². The maximum absolute atomic E-state index is 10.8. The second-order valence-electron chi connectivity index (χ2n) is 4.32. The predicted octanol–water partition coefficient (Wildman–Crippen LogP) is 1.37. The van der Waals surface area contributed by atoms with Gasteiger partial charge in [-0.2, -0.15) is 0 Å². The lowest BCUT2D eigenvalue weighted by Gasteiger charge is -2.25. The number of fused-ring (bicyclic) bond motifs is 1. The molecule has 1 atom stereocenters. The molecule has 5 heteroatoms. The summed E-state index contributed by atoms with van der Waals surface area (Å²) in [6.07, 6.45) is 3.12. The van der Waals surface area contributed by atoms with Crippen LogP contribution in [0.1, 0.15) is 30.1 Å². The van der Waals surface area contributed by atoms with Crippen LogP contribution in [0.3, 0.4) is 0 Å². The number of benzene rings is 1. The van der Waals surface area contributed by atoms with Gasteiger partial charge in [0.05, 0.1) is 18.5 Å². The van der Waals surface area contributed by atoms with Crippen LogP contribution in [-0.4, -0.2) is 20.8 Å². The lowest BCUT2D eigenvalue weighted by molar-refractivity contribution is 0.0512. The Kier molecular flexibility index (Phi) is 3.81. The lowest BCUT2D eigenvalue weighted by Crippen LogP contribution is -2.22. The second kappa shape index (κ2) is 5.16. The Morgan fingerprint density at radius 1 is 1.35 bits per heavy atom. The SMILES string of the molecule is NS(=O)(=O)CCOC1CCCc2ccccc21. The molecule has 4 nitrogen and oxygen atoms in total. The number of ether oxygens (including phenoxy) is 1. The van der Waals surface area contributed by atoms with Gasteiger partial charge in [0.1, 0.15) is 0 Å². The third-order valence-corrected chi connectivity index (χ3v) is 3.74. The Morgan fingerprint density at radius 2 is 2.12 bits per heavy atom. The van der Waals surface area contributed by atoms with Crippen molar-refractivity contribution in [2.45, 2.75) is 25.4 Å². The molecular weight excluding hydrogens is 238 g/mol. The summed E-state index contributed by atoms with van der Waals surface area (Å²) in [6, 6.07) is 8.16. The summed E-state index contributed by atoms with van der Waals surface area (Å²) in [5, 5.41) is 4.94. The van der Waals surface area contributed by atoms with Crippen molar-refractivity contribution in [3.05, 3.63) is 35.4 Å². The molecular formula is C12H17NO3S. The van der Waals surface area contributed by atoms with Crippen molar-refractivity contribution in [3.63, 3.8) is 0 Å². The number of hydrogen-bond donors (Lipinski definition) is 1. The van der Waals surface area contributed by atoms with Gasteiger partial charge in [-0.25, -0.2) is 13.6 Å². The minimum absolute atomic E-state index is 0.0155. The molecule has 0 amide bonds. The van der Waals surface area contributed by atoms with Crippen molar-refractivity contribution < 1.29 is 13.2 Å². The van der Waals surface area contributed by atoms with Gasteiger partial charge < -0.3 is 4.74 Å². The number of sulfonamides is 1. The van der Waals surface area contributed by atoms with Crippen LogP contribution in [0.4, 0.5) is 0 Å². The van der Waals surface area contributed by atoms with E-state index >= 15 is 0 Å². The van der Waals surface area contributed by atoms with Gasteiger partial charge in [0, 0.05) is 0 Å². The molecule has 94 valence electrons. The van der Waals surface area contributed by atoms with Crippen molar-refractivity contribution in [1.29, 1.82) is 0 Å². The Balaban J connectivity index is 1.99. The molecule has 1 aromatic rings. The third kappa shape index (κ3) is 3.52. The smallest absolute Gasteiger partial charge is 0.211 e. The quantitative estimate of drug-likeness (QED) is 0.883. The van der Waals surface area contributed by atoms with E-state index in [0.717, 1.165) is 19.3 Å². The number of hydrogen-bond acceptors (Lipinski definition) is 3. The van der Waals surface area contributed by atoms with Gasteiger partial charge >= 0.3 is 0 Å². The molecule has 17 heavy (non-hydrogen) atoms. The van der Waals surface area contributed by atoms with Gasteiger partial charge in [-0.15, -0.1) is 0 Å². The van der Waals surface area contributed by atoms with E-state index in [2.05, 4.69) is 12.1 Å². The molecule has 0 aromatic heterocycles. The molecule has 2 N–H and O–H groups in total. The van der Waals surface area contributed by atoms with Gasteiger partial charge in [0.25, 0.3) is 0 Å². The second-order valence-corrected chi connectivity index (χ2v) is 6.05. The van der Waals surface area contributed by atoms with Crippen molar-refractivity contribution in [2.24, 2.45) is 5.14 Å². The van der Waals surface area contributed by atoms with Crippen molar-refractivity contribution >= 4 is 10.0 Å². The molecule has 1 aromatic carbocycles. The summed E-state index contributed by atoms with van der Waals surface area (Å²) in [7, 11) is -3.43. The number of aryl methyl sites for hydroxylation is 1. The topological polar surface area (TPSA) is 69.4 Å². The molecule has 0 heterocycles. The zero-order valence-corrected chi connectivity index (χ0v) is 10.4. The maximum atomic E-state index is 10.8. The molecule has 1 aliphatic carbocycles. The van der Waals surface area contributed by atoms with Gasteiger partial charge in [-0.1, -0.05) is 24.3 Å². The molecule has 0 aliphatic heterocycles. The molecule has 0 bridgehead atoms. The molecule has 0 radical (unpaired) electrons. The van der Waals surface area contributed by atoms with E-state index in [1.807, 2.05) is 12.1 Å². The van der Waals surface area contributed by atoms with E-state index in [-0.39, 0.29) is 18.5 Å². The third-order valence-electron chi connectivity index (χ3n) is 3.00. The highest BCUT2D eigenvalue weighted by molar-refractivity contribution is 7.89. The van der Waals surface area contributed by atoms with Crippen molar-refractivity contribution in [3.8, 4) is 0 Å². The Bertz CT molecular complexity index is 484. The predicted molar refractivity (Wildman–Crippen MR) is 66.0 cm³/mol. The van der Waals surface area contributed by atoms with E-state index in [4.69, 9.17) is 9.88 Å². The summed E-state index contributed by atoms with van der Waals surface area (Å²) in [5.74, 6) is -0.119. The fraction of sp³-hybridized carbons (Fsp3) is 0.500. The molecule has 0 spiro atoms. The van der Waals surface area contributed by atoms with Gasteiger partial charge in [0.2, 0.25) is 10.0 Å². The highest BCUT2D eigenvalue weighted by Gasteiger charge is 2.20. The van der Waals surface area contributed by atoms with Gasteiger partial charge in [-0.3, -0.25) is 0 Å². The van der Waals surface area contributed by atoms with Crippen molar-refractivity contribution in [1.82, 2.24) is 0 Å². The standard InChI is InChI=1S/C12H17NO3S/c13-17(14,15)9-8-16-12-7-3-5-10-4-1-2-6-11(10)12/h1-2,4,6,12H,3,5,7-9H2,(H2,13,14,15). The molecule has 1 aliphatic rings. The van der Waals surface area contributed by atoms with Crippen molar-refractivity contribution in [2.75, 3.05) is 12.4 Å². The van der Waals surface area contributed by atoms with E-state index < -0.39 is 10.0 Å². The van der Waals surface area contributed by atoms with E-state index in [1.165, 1.54) is 11.1 Å². The van der Waals surface area contributed by atoms with Crippen LogP contribution in [0, 0.1) is 0 Å². The first kappa shape index (κ1) is 12.5. The number of primary sulfonamides is 1. The summed E-state index contributed by atoms with van der Waals surface area (Å²) >= 11 is 0. The van der Waals surface area contributed by atoms with Crippen LogP contribution in [-0.2, 0) is 21.2 Å². The van der Waals surface area contributed by atoms with Gasteiger partial charge in [-0.05, 0) is 30.4 Å². The average Bonchev–Trinajstić information content (AvgIpc) is 2.28. The molecule has 0 fully saturated rings. The van der Waals surface area contributed by atoms with E-state index in [0.29, 0.717) is 0 Å². The summed E-state index contributed by atoms with van der Waals surface area (Å²) in [4.78, 5) is 0. The zero-order valence-electron chi connectivity index (χ0n) is 9.63. The van der Waals surface area contributed by atoms with Crippen LogP contribution < -0.4 is 5.14 Å². The molecule has 1 unspecified atom stereocenters. The monoisotopic (exact) mass is 255 g/mol. The molecule has 0 saturated heterocycles. The van der Waals surface area contributed by atoms with E-state index in [9.17, 15) is 8.42 Å². The molecule has 0 saturated carbocycles. The maximum Gasteiger partial charge on any atom is 0.211 e. The first-order valence-electron chi connectivity index (χ1n) is 5.76. The summed E-state index contributed by atoms with van der Waals surface area (Å²) in [5.41, 5.74) is 2.49. The lowest BCUT2D eigenvalue weighted by atomic mass is 9.89. The average molecular weight is 255 g/mol. The Labute approximate surface area is 102 Å². The number of nitrogens with two attached hydrogens (primary N) is 1. The zero-order chi connectivity index (χ0) is 12.3.